The Morgan fingerprint density at radius 2 is 0.913 bits per heavy atom. The van der Waals surface area contributed by atoms with Crippen molar-refractivity contribution in [3.8, 4) is 0 Å². The minimum atomic E-state index is -0.617. The first-order chi connectivity index (χ1) is 22.0. The number of alkyl halides is 2. The highest BCUT2D eigenvalue weighted by Crippen LogP contribution is 2.29. The SMILES string of the molecule is CC(C)[C@H](NC(=O)c1ccccc1)C(=O)O[C@@H]1CCCC[C@H]1I.CC(C)[C@H](NC(=O)c1ccccc1)C(=O)O[C@H]1CCCC[C@@H]1I. The van der Waals surface area contributed by atoms with Crippen molar-refractivity contribution in [3.05, 3.63) is 71.8 Å². The minimum Gasteiger partial charge on any atom is -0.460 e. The van der Waals surface area contributed by atoms with Gasteiger partial charge in [0.2, 0.25) is 0 Å². The molecular formula is C36H48I2N2O6. The number of hydrogen-bond acceptors (Lipinski definition) is 6. The zero-order valence-electron chi connectivity index (χ0n) is 27.3. The number of carbonyl (C=O) groups excluding carboxylic acids is 4. The molecule has 0 spiro atoms. The molecule has 2 aromatic carbocycles. The smallest absolute Gasteiger partial charge is 0.329 e. The van der Waals surface area contributed by atoms with Crippen LogP contribution in [0.25, 0.3) is 0 Å². The van der Waals surface area contributed by atoms with Crippen molar-refractivity contribution in [1.29, 1.82) is 0 Å². The molecule has 0 radical (unpaired) electrons. The number of nitrogens with one attached hydrogen (secondary N) is 2. The molecule has 10 heteroatoms. The van der Waals surface area contributed by atoms with E-state index in [0.717, 1.165) is 38.5 Å². The molecule has 2 fully saturated rings. The molecule has 252 valence electrons. The maximum Gasteiger partial charge on any atom is 0.329 e. The molecule has 0 heterocycles. The van der Waals surface area contributed by atoms with Gasteiger partial charge in [0, 0.05) is 19.0 Å². The van der Waals surface area contributed by atoms with Gasteiger partial charge >= 0.3 is 11.9 Å². The highest BCUT2D eigenvalue weighted by atomic mass is 127. The lowest BCUT2D eigenvalue weighted by Crippen LogP contribution is -2.47. The number of benzene rings is 2. The lowest BCUT2D eigenvalue weighted by molar-refractivity contribution is -0.154. The monoisotopic (exact) mass is 858 g/mol. The number of hydrogen-bond donors (Lipinski definition) is 2. The fraction of sp³-hybridized carbons (Fsp3) is 0.556. The van der Waals surface area contributed by atoms with Crippen molar-refractivity contribution in [1.82, 2.24) is 10.6 Å². The molecule has 8 nitrogen and oxygen atoms in total. The van der Waals surface area contributed by atoms with Crippen LogP contribution in [0, 0.1) is 11.8 Å². The van der Waals surface area contributed by atoms with E-state index in [9.17, 15) is 19.2 Å². The fourth-order valence-electron chi connectivity index (χ4n) is 5.44. The zero-order valence-corrected chi connectivity index (χ0v) is 31.6. The van der Waals surface area contributed by atoms with Gasteiger partial charge in [-0.2, -0.15) is 0 Å². The van der Waals surface area contributed by atoms with Crippen LogP contribution in [0.2, 0.25) is 0 Å². The quantitative estimate of drug-likeness (QED) is 0.146. The van der Waals surface area contributed by atoms with Crippen LogP contribution in [-0.4, -0.2) is 55.9 Å². The average molecular weight is 859 g/mol. The standard InChI is InChI=1S/2C18H24INO3/c2*1-12(2)16(20-17(21)13-8-4-3-5-9-13)18(22)23-15-11-7-6-10-14(15)19/h2*3-5,8-9,12,14-16H,6-7,10-11H2,1-2H3,(H,20,21)/t14-,15-,16+;14-,15-,16-/m10/s1. The Hall–Kier alpha value is -2.22. The van der Waals surface area contributed by atoms with Crippen molar-refractivity contribution in [2.45, 2.75) is 111 Å². The van der Waals surface area contributed by atoms with Gasteiger partial charge in [-0.3, -0.25) is 9.59 Å². The zero-order chi connectivity index (χ0) is 33.6. The Bertz CT molecular complexity index is 1160. The highest BCUT2D eigenvalue weighted by Gasteiger charge is 2.33. The molecule has 6 atom stereocenters. The largest absolute Gasteiger partial charge is 0.460 e. The van der Waals surface area contributed by atoms with Gasteiger partial charge in [-0.15, -0.1) is 0 Å². The van der Waals surface area contributed by atoms with E-state index in [1.165, 1.54) is 12.8 Å². The van der Waals surface area contributed by atoms with Crippen LogP contribution < -0.4 is 10.6 Å². The third-order valence-electron chi connectivity index (χ3n) is 8.27. The van der Waals surface area contributed by atoms with E-state index in [4.69, 9.17) is 9.47 Å². The summed E-state index contributed by atoms with van der Waals surface area (Å²) in [5.41, 5.74) is 1.10. The number of amides is 2. The summed E-state index contributed by atoms with van der Waals surface area (Å²) in [6.45, 7) is 7.67. The van der Waals surface area contributed by atoms with Crippen molar-refractivity contribution in [3.63, 3.8) is 0 Å². The number of rotatable bonds is 10. The second-order valence-electron chi connectivity index (χ2n) is 12.7. The van der Waals surface area contributed by atoms with Gasteiger partial charge in [-0.05, 0) is 74.6 Å². The molecule has 2 aliphatic carbocycles. The van der Waals surface area contributed by atoms with Crippen LogP contribution in [-0.2, 0) is 19.1 Å². The topological polar surface area (TPSA) is 111 Å². The first kappa shape index (κ1) is 38.2. The lowest BCUT2D eigenvalue weighted by Gasteiger charge is -2.30. The summed E-state index contributed by atoms with van der Waals surface area (Å²) in [4.78, 5) is 49.7. The van der Waals surface area contributed by atoms with Crippen LogP contribution in [0.4, 0.5) is 0 Å². The Labute approximate surface area is 301 Å². The van der Waals surface area contributed by atoms with E-state index in [1.54, 1.807) is 48.5 Å². The number of halogens is 2. The van der Waals surface area contributed by atoms with E-state index in [-0.39, 0.29) is 47.8 Å². The second kappa shape index (κ2) is 19.6. The van der Waals surface area contributed by atoms with Crippen LogP contribution >= 0.6 is 45.2 Å². The summed E-state index contributed by atoms with van der Waals surface area (Å²) in [6, 6.07) is 16.6. The number of ether oxygens (including phenoxy) is 2. The summed E-state index contributed by atoms with van der Waals surface area (Å²) in [5.74, 6) is -1.17. The lowest BCUT2D eigenvalue weighted by atomic mass is 9.97. The molecule has 46 heavy (non-hydrogen) atoms. The van der Waals surface area contributed by atoms with Gasteiger partial charge in [-0.1, -0.05) is 122 Å². The first-order valence-electron chi connectivity index (χ1n) is 16.4. The predicted molar refractivity (Wildman–Crippen MR) is 197 cm³/mol. The maximum atomic E-state index is 12.5. The second-order valence-corrected chi connectivity index (χ2v) is 15.9. The normalized spacial score (nSPS) is 22.4. The molecule has 0 unspecified atom stereocenters. The van der Waals surface area contributed by atoms with Crippen LogP contribution in [0.5, 0.6) is 0 Å². The van der Waals surface area contributed by atoms with Crippen molar-refractivity contribution in [2.75, 3.05) is 0 Å². The molecule has 0 bridgehead atoms. The molecule has 2 amide bonds. The summed E-state index contributed by atoms with van der Waals surface area (Å²) >= 11 is 4.73. The maximum absolute atomic E-state index is 12.5. The summed E-state index contributed by atoms with van der Waals surface area (Å²) < 4.78 is 12.1. The molecule has 4 rings (SSSR count). The molecular weight excluding hydrogens is 810 g/mol. The third kappa shape index (κ3) is 12.1. The Balaban J connectivity index is 0.000000250. The van der Waals surface area contributed by atoms with Crippen LogP contribution in [0.15, 0.2) is 60.7 Å². The molecule has 2 N–H and O–H groups in total. The molecule has 0 saturated heterocycles. The fourth-order valence-corrected chi connectivity index (χ4v) is 7.33. The van der Waals surface area contributed by atoms with E-state index < -0.39 is 12.1 Å². The first-order valence-corrected chi connectivity index (χ1v) is 18.9. The highest BCUT2D eigenvalue weighted by molar-refractivity contribution is 14.1. The van der Waals surface area contributed by atoms with Gasteiger partial charge in [0.15, 0.2) is 0 Å². The molecule has 0 aromatic heterocycles. The van der Waals surface area contributed by atoms with Gasteiger partial charge in [0.05, 0.1) is 0 Å². The molecule has 2 aromatic rings. The Kier molecular flexibility index (Phi) is 16.3. The van der Waals surface area contributed by atoms with E-state index in [2.05, 4.69) is 55.8 Å². The Morgan fingerprint density at radius 3 is 1.22 bits per heavy atom. The van der Waals surface area contributed by atoms with Crippen molar-refractivity contribution >= 4 is 68.9 Å². The van der Waals surface area contributed by atoms with Crippen LogP contribution in [0.1, 0.15) is 99.8 Å². The number of esters is 2. The predicted octanol–water partition coefficient (Wildman–Crippen LogP) is 7.46. The van der Waals surface area contributed by atoms with Crippen molar-refractivity contribution in [2.24, 2.45) is 11.8 Å². The van der Waals surface area contributed by atoms with E-state index in [0.29, 0.717) is 19.0 Å². The summed E-state index contributed by atoms with van der Waals surface area (Å²) in [6.07, 6.45) is 8.51. The molecule has 2 aliphatic rings. The minimum absolute atomic E-state index is 0.0218. The third-order valence-corrected chi connectivity index (χ3v) is 11.1. The van der Waals surface area contributed by atoms with Gasteiger partial charge in [0.1, 0.15) is 24.3 Å². The van der Waals surface area contributed by atoms with Crippen molar-refractivity contribution < 1.29 is 28.7 Å². The number of carbonyl (C=O) groups is 4. The van der Waals surface area contributed by atoms with Crippen LogP contribution in [0.3, 0.4) is 0 Å². The van der Waals surface area contributed by atoms with Gasteiger partial charge in [-0.25, -0.2) is 9.59 Å². The van der Waals surface area contributed by atoms with E-state index in [1.807, 2.05) is 39.8 Å². The molecule has 2 saturated carbocycles. The summed E-state index contributed by atoms with van der Waals surface area (Å²) in [7, 11) is 0. The summed E-state index contributed by atoms with van der Waals surface area (Å²) in [5, 5.41) is 5.64. The van der Waals surface area contributed by atoms with Gasteiger partial charge in [0.25, 0.3) is 11.8 Å². The molecule has 0 aliphatic heterocycles. The Morgan fingerprint density at radius 1 is 0.587 bits per heavy atom. The van der Waals surface area contributed by atoms with E-state index >= 15 is 0 Å². The van der Waals surface area contributed by atoms with Gasteiger partial charge < -0.3 is 20.1 Å². The average Bonchev–Trinajstić information content (AvgIpc) is 3.05.